The van der Waals surface area contributed by atoms with Crippen LogP contribution in [0.1, 0.15) is 50.6 Å². The molecule has 1 aliphatic rings. The molecule has 1 aromatic heterocycles. The Bertz CT molecular complexity index is 953. The zero-order valence-electron chi connectivity index (χ0n) is 16.2. The molecule has 1 aromatic carbocycles. The highest BCUT2D eigenvalue weighted by molar-refractivity contribution is 6.31. The van der Waals surface area contributed by atoms with Crippen LogP contribution in [0.3, 0.4) is 0 Å². The minimum Gasteiger partial charge on any atom is -0.449 e. The molecule has 1 N–H and O–H groups in total. The van der Waals surface area contributed by atoms with E-state index in [1.807, 2.05) is 0 Å². The molecule has 0 saturated heterocycles. The summed E-state index contributed by atoms with van der Waals surface area (Å²) in [4.78, 5) is 37.0. The summed E-state index contributed by atoms with van der Waals surface area (Å²) in [5.41, 5.74) is -0.177. The molecule has 0 spiro atoms. The Kier molecular flexibility index (Phi) is 6.08. The van der Waals surface area contributed by atoms with Crippen molar-refractivity contribution in [3.63, 3.8) is 0 Å². The van der Waals surface area contributed by atoms with E-state index in [1.165, 1.54) is 19.1 Å². The lowest BCUT2D eigenvalue weighted by Crippen LogP contribution is -2.47. The fourth-order valence-corrected chi connectivity index (χ4v) is 3.76. The molecule has 1 fully saturated rings. The number of ether oxygens (including phenoxy) is 1. The van der Waals surface area contributed by atoms with Gasteiger partial charge in [0.15, 0.2) is 11.5 Å². The molecule has 6 nitrogen and oxygen atoms in total. The van der Waals surface area contributed by atoms with Crippen molar-refractivity contribution in [3.05, 3.63) is 45.3 Å². The second kappa shape index (κ2) is 8.35. The van der Waals surface area contributed by atoms with E-state index in [0.29, 0.717) is 16.9 Å². The summed E-state index contributed by atoms with van der Waals surface area (Å²) in [5.74, 6) is -0.557. The van der Waals surface area contributed by atoms with Crippen molar-refractivity contribution in [2.45, 2.75) is 52.2 Å². The molecule has 0 radical (unpaired) electrons. The van der Waals surface area contributed by atoms with Gasteiger partial charge in [0.2, 0.25) is 5.76 Å². The minimum absolute atomic E-state index is 0.0701. The maximum Gasteiger partial charge on any atom is 0.375 e. The van der Waals surface area contributed by atoms with Crippen molar-refractivity contribution in [1.82, 2.24) is 5.32 Å². The van der Waals surface area contributed by atoms with Crippen molar-refractivity contribution in [2.75, 3.05) is 0 Å². The molecule has 4 atom stereocenters. The van der Waals surface area contributed by atoms with Gasteiger partial charge in [0.1, 0.15) is 5.58 Å². The monoisotopic (exact) mass is 405 g/mol. The van der Waals surface area contributed by atoms with Gasteiger partial charge in [-0.25, -0.2) is 4.79 Å². The van der Waals surface area contributed by atoms with E-state index in [9.17, 15) is 14.4 Å². The SMILES string of the molecule is C[C@@H]1[C@@H](C)CCC[C@H]1NC(=O)[C@@H](C)OC(=O)c1cc(=O)c2cc(Cl)ccc2o1. The van der Waals surface area contributed by atoms with E-state index in [4.69, 9.17) is 20.8 Å². The highest BCUT2D eigenvalue weighted by atomic mass is 35.5. The fraction of sp³-hybridized carbons (Fsp3) is 0.476. The number of benzene rings is 1. The minimum atomic E-state index is -0.997. The van der Waals surface area contributed by atoms with Gasteiger partial charge in [-0.05, 0) is 43.4 Å². The molecule has 0 bridgehead atoms. The number of esters is 1. The van der Waals surface area contributed by atoms with Crippen LogP contribution in [-0.2, 0) is 9.53 Å². The molecular formula is C21H24ClNO5. The third kappa shape index (κ3) is 4.38. The second-order valence-electron chi connectivity index (χ2n) is 7.55. The highest BCUT2D eigenvalue weighted by Gasteiger charge is 2.30. The highest BCUT2D eigenvalue weighted by Crippen LogP contribution is 2.29. The fourth-order valence-electron chi connectivity index (χ4n) is 3.59. The second-order valence-corrected chi connectivity index (χ2v) is 7.98. The van der Waals surface area contributed by atoms with E-state index < -0.39 is 17.5 Å². The van der Waals surface area contributed by atoms with Crippen LogP contribution in [0.2, 0.25) is 5.02 Å². The molecule has 0 aliphatic heterocycles. The Hall–Kier alpha value is -2.34. The van der Waals surface area contributed by atoms with E-state index in [0.717, 1.165) is 25.3 Å². The van der Waals surface area contributed by atoms with Gasteiger partial charge in [-0.3, -0.25) is 9.59 Å². The van der Waals surface area contributed by atoms with Crippen LogP contribution in [0.5, 0.6) is 0 Å². The smallest absolute Gasteiger partial charge is 0.375 e. The molecule has 1 heterocycles. The van der Waals surface area contributed by atoms with Crippen LogP contribution in [0, 0.1) is 11.8 Å². The van der Waals surface area contributed by atoms with Gasteiger partial charge in [-0.2, -0.15) is 0 Å². The molecule has 150 valence electrons. The Morgan fingerprint density at radius 2 is 2.00 bits per heavy atom. The van der Waals surface area contributed by atoms with Gasteiger partial charge >= 0.3 is 5.97 Å². The van der Waals surface area contributed by atoms with Gasteiger partial charge in [0.25, 0.3) is 5.91 Å². The number of halogens is 1. The molecule has 0 unspecified atom stereocenters. The number of fused-ring (bicyclic) bond motifs is 1. The first-order valence-electron chi connectivity index (χ1n) is 9.51. The van der Waals surface area contributed by atoms with E-state index >= 15 is 0 Å². The molecule has 1 saturated carbocycles. The quantitative estimate of drug-likeness (QED) is 0.779. The third-order valence-electron chi connectivity index (χ3n) is 5.58. The lowest BCUT2D eigenvalue weighted by molar-refractivity contribution is -0.130. The van der Waals surface area contributed by atoms with Gasteiger partial charge in [-0.15, -0.1) is 0 Å². The summed E-state index contributed by atoms with van der Waals surface area (Å²) in [7, 11) is 0. The summed E-state index contributed by atoms with van der Waals surface area (Å²) in [6.45, 7) is 5.81. The summed E-state index contributed by atoms with van der Waals surface area (Å²) in [5, 5.41) is 3.65. The Balaban J connectivity index is 1.68. The number of carbonyl (C=O) groups is 2. The van der Waals surface area contributed by atoms with Crippen LogP contribution in [0.25, 0.3) is 11.0 Å². The predicted octanol–water partition coefficient (Wildman–Crippen LogP) is 3.93. The van der Waals surface area contributed by atoms with Crippen molar-refractivity contribution in [2.24, 2.45) is 11.8 Å². The molecule has 1 aliphatic carbocycles. The van der Waals surface area contributed by atoms with Crippen LogP contribution in [0.4, 0.5) is 0 Å². The number of carbonyl (C=O) groups excluding carboxylic acids is 2. The average molecular weight is 406 g/mol. The molecule has 7 heteroatoms. The number of hydrogen-bond donors (Lipinski definition) is 1. The number of rotatable bonds is 4. The Morgan fingerprint density at radius 3 is 2.75 bits per heavy atom. The molecule has 2 aromatic rings. The third-order valence-corrected chi connectivity index (χ3v) is 5.81. The molecule has 28 heavy (non-hydrogen) atoms. The van der Waals surface area contributed by atoms with Crippen LogP contribution >= 0.6 is 11.6 Å². The number of hydrogen-bond acceptors (Lipinski definition) is 5. The normalized spacial score (nSPS) is 23.2. The van der Waals surface area contributed by atoms with Crippen molar-refractivity contribution in [1.29, 1.82) is 0 Å². The van der Waals surface area contributed by atoms with E-state index in [1.54, 1.807) is 6.07 Å². The van der Waals surface area contributed by atoms with Crippen molar-refractivity contribution >= 4 is 34.4 Å². The Morgan fingerprint density at radius 1 is 1.25 bits per heavy atom. The number of nitrogens with one attached hydrogen (secondary N) is 1. The standard InChI is InChI=1S/C21H24ClNO5/c1-11-5-4-6-16(12(11)2)23-20(25)13(3)27-21(26)19-10-17(24)15-9-14(22)7-8-18(15)28-19/h7-13,16H,4-6H2,1-3H3,(H,23,25)/t11-,12+,13+,16+/m0/s1. The maximum absolute atomic E-state index is 12.5. The summed E-state index contributed by atoms with van der Waals surface area (Å²) in [6, 6.07) is 5.67. The Labute approximate surface area is 168 Å². The predicted molar refractivity (Wildman–Crippen MR) is 106 cm³/mol. The van der Waals surface area contributed by atoms with Crippen LogP contribution in [-0.4, -0.2) is 24.0 Å². The maximum atomic E-state index is 12.5. The topological polar surface area (TPSA) is 85.6 Å². The van der Waals surface area contributed by atoms with Gasteiger partial charge in [0, 0.05) is 17.1 Å². The first-order chi connectivity index (χ1) is 13.3. The van der Waals surface area contributed by atoms with Crippen LogP contribution < -0.4 is 10.7 Å². The van der Waals surface area contributed by atoms with Gasteiger partial charge in [0.05, 0.1) is 5.39 Å². The molecular weight excluding hydrogens is 382 g/mol. The summed E-state index contributed by atoms with van der Waals surface area (Å²) < 4.78 is 10.7. The van der Waals surface area contributed by atoms with Gasteiger partial charge in [-0.1, -0.05) is 38.3 Å². The van der Waals surface area contributed by atoms with Gasteiger partial charge < -0.3 is 14.5 Å². The van der Waals surface area contributed by atoms with Crippen LogP contribution in [0.15, 0.2) is 33.5 Å². The average Bonchev–Trinajstić information content (AvgIpc) is 2.65. The first kappa shape index (κ1) is 20.4. The van der Waals surface area contributed by atoms with Crippen molar-refractivity contribution < 1.29 is 18.7 Å². The summed E-state index contributed by atoms with van der Waals surface area (Å²) >= 11 is 5.88. The van der Waals surface area contributed by atoms with E-state index in [2.05, 4.69) is 19.2 Å². The lowest BCUT2D eigenvalue weighted by atomic mass is 9.78. The zero-order valence-corrected chi connectivity index (χ0v) is 16.9. The largest absolute Gasteiger partial charge is 0.449 e. The lowest BCUT2D eigenvalue weighted by Gasteiger charge is -2.35. The summed E-state index contributed by atoms with van der Waals surface area (Å²) in [6.07, 6.45) is 2.14. The molecule has 3 rings (SSSR count). The first-order valence-corrected chi connectivity index (χ1v) is 9.89. The molecule has 1 amide bonds. The van der Waals surface area contributed by atoms with Crippen molar-refractivity contribution in [3.8, 4) is 0 Å². The van der Waals surface area contributed by atoms with E-state index in [-0.39, 0.29) is 28.7 Å². The number of amides is 1. The zero-order chi connectivity index (χ0) is 20.4.